The Hall–Kier alpha value is -3.56. The van der Waals surface area contributed by atoms with Gasteiger partial charge in [0.2, 0.25) is 5.82 Å². The van der Waals surface area contributed by atoms with E-state index in [0.29, 0.717) is 0 Å². The fourth-order valence-electron chi connectivity index (χ4n) is 3.14. The first kappa shape index (κ1) is 27.0. The van der Waals surface area contributed by atoms with Crippen molar-refractivity contribution < 1.29 is 42.9 Å². The number of azide groups is 1. The summed E-state index contributed by atoms with van der Waals surface area (Å²) in [5.74, 6) is -4.09. The first-order chi connectivity index (χ1) is 17.0. The Bertz CT molecular complexity index is 1330. The third-order valence-corrected chi connectivity index (χ3v) is 6.54. The van der Waals surface area contributed by atoms with Crippen LogP contribution in [-0.4, -0.2) is 61.8 Å². The summed E-state index contributed by atoms with van der Waals surface area (Å²) >= 11 is 0. The van der Waals surface area contributed by atoms with Crippen LogP contribution in [0.15, 0.2) is 45.0 Å². The molecular weight excluding hydrogens is 510 g/mol. The maximum absolute atomic E-state index is 14.2. The molecule has 1 fully saturated rings. The molecule has 3 rings (SSSR count). The van der Waals surface area contributed by atoms with Crippen LogP contribution in [0.2, 0.25) is 0 Å². The molecular formula is C18H20FN6O10P. The number of nitrogens with zero attached hydrogens (tertiary/aromatic N) is 4. The summed E-state index contributed by atoms with van der Waals surface area (Å²) in [5, 5.41) is 35.1. The minimum Gasteiger partial charge on any atom is -0.480 e. The van der Waals surface area contributed by atoms with Gasteiger partial charge in [0.1, 0.15) is 30.1 Å². The second-order valence-corrected chi connectivity index (χ2v) is 9.08. The van der Waals surface area contributed by atoms with Crippen LogP contribution in [0.5, 0.6) is 5.75 Å². The Balaban J connectivity index is 1.86. The predicted octanol–water partition coefficient (Wildman–Crippen LogP) is 0.503. The van der Waals surface area contributed by atoms with E-state index < -0.39 is 73.8 Å². The molecule has 16 nitrogen and oxygen atoms in total. The quantitative estimate of drug-likeness (QED) is 0.123. The molecule has 1 aliphatic heterocycles. The van der Waals surface area contributed by atoms with Crippen LogP contribution in [0.1, 0.15) is 13.2 Å². The van der Waals surface area contributed by atoms with Crippen molar-refractivity contribution >= 4 is 19.5 Å². The summed E-state index contributed by atoms with van der Waals surface area (Å²) in [5.41, 5.74) is 5.85. The van der Waals surface area contributed by atoms with Crippen molar-refractivity contribution in [1.82, 2.24) is 14.6 Å². The number of nitrogens with one attached hydrogen (secondary N) is 2. The number of hydrogen-bond donors (Lipinski definition) is 5. The number of aromatic nitrogens is 2. The minimum absolute atomic E-state index is 0.0472. The van der Waals surface area contributed by atoms with Crippen molar-refractivity contribution in [2.75, 3.05) is 6.61 Å². The van der Waals surface area contributed by atoms with Crippen LogP contribution >= 0.6 is 7.75 Å². The summed E-state index contributed by atoms with van der Waals surface area (Å²) in [4.78, 5) is 39.0. The highest BCUT2D eigenvalue weighted by atomic mass is 31.2. The van der Waals surface area contributed by atoms with Crippen LogP contribution in [-0.2, 0) is 18.6 Å². The number of ether oxygens (including phenoxy) is 1. The number of carbonyl (C=O) groups is 1. The lowest BCUT2D eigenvalue weighted by atomic mass is 10.1. The van der Waals surface area contributed by atoms with Crippen LogP contribution in [0.3, 0.4) is 0 Å². The molecule has 0 radical (unpaired) electrons. The molecule has 36 heavy (non-hydrogen) atoms. The van der Waals surface area contributed by atoms with Crippen molar-refractivity contribution in [3.05, 3.63) is 67.4 Å². The zero-order valence-corrected chi connectivity index (χ0v) is 19.2. The summed E-state index contributed by atoms with van der Waals surface area (Å²) in [6, 6.07) is 6.17. The molecule has 1 aromatic carbocycles. The Morgan fingerprint density at radius 3 is 2.64 bits per heavy atom. The van der Waals surface area contributed by atoms with Gasteiger partial charge in [-0.25, -0.2) is 9.36 Å². The third kappa shape index (κ3) is 5.80. The van der Waals surface area contributed by atoms with Crippen LogP contribution in [0.25, 0.3) is 10.4 Å². The van der Waals surface area contributed by atoms with E-state index in [9.17, 15) is 33.6 Å². The van der Waals surface area contributed by atoms with E-state index in [-0.39, 0.29) is 10.3 Å². The van der Waals surface area contributed by atoms with E-state index in [1.54, 1.807) is 23.2 Å². The van der Waals surface area contributed by atoms with E-state index >= 15 is 0 Å². The largest absolute Gasteiger partial charge is 0.480 e. The first-order valence-corrected chi connectivity index (χ1v) is 11.6. The lowest BCUT2D eigenvalue weighted by Crippen LogP contribution is -2.39. The van der Waals surface area contributed by atoms with Gasteiger partial charge in [0.05, 0.1) is 6.61 Å². The second kappa shape index (κ2) is 11.0. The Labute approximate surface area is 200 Å². The van der Waals surface area contributed by atoms with Crippen molar-refractivity contribution in [2.24, 2.45) is 5.11 Å². The number of aliphatic hydroxyl groups excluding tert-OH is 2. The normalized spacial score (nSPS) is 23.9. The van der Waals surface area contributed by atoms with Gasteiger partial charge in [-0.1, -0.05) is 18.2 Å². The number of carboxylic acid groups (broad SMARTS) is 1. The van der Waals surface area contributed by atoms with Crippen molar-refractivity contribution in [3.63, 3.8) is 0 Å². The van der Waals surface area contributed by atoms with Crippen LogP contribution < -0.4 is 20.9 Å². The molecule has 0 amide bonds. The molecule has 1 aromatic heterocycles. The van der Waals surface area contributed by atoms with Gasteiger partial charge in [-0.05, 0) is 29.7 Å². The number of rotatable bonds is 10. The number of benzene rings is 1. The van der Waals surface area contributed by atoms with Crippen molar-refractivity contribution in [3.8, 4) is 5.75 Å². The molecule has 194 valence electrons. The first-order valence-electron chi connectivity index (χ1n) is 10.1. The van der Waals surface area contributed by atoms with E-state index in [4.69, 9.17) is 24.4 Å². The molecule has 1 saturated heterocycles. The predicted molar refractivity (Wildman–Crippen MR) is 117 cm³/mol. The number of aliphatic hydroxyl groups is 2. The standard InChI is InChI=1S/C18H20FN6O10P/c1-8(17(29)30)23-36(32,35-9-5-3-2-4-6-9)33-7-10-12(26)13(27)16(34-10)25-14(22-24-20)11(19)15(28)21-18(25)31/h2-6,8,10,12-13,16,26-27H,7H2,1H3,(H,23,32)(H,29,30)(H,21,28,31)/t8-,10+,12+,13+,16+,36?/m0/s1. The van der Waals surface area contributed by atoms with Gasteiger partial charge < -0.3 is 24.6 Å². The van der Waals surface area contributed by atoms with E-state index in [1.807, 2.05) is 0 Å². The van der Waals surface area contributed by atoms with E-state index in [2.05, 4.69) is 15.1 Å². The molecule has 5 N–H and O–H groups in total. The summed E-state index contributed by atoms with van der Waals surface area (Å²) < 4.78 is 43.7. The number of para-hydroxylation sites is 1. The number of carboxylic acids is 1. The fourth-order valence-corrected chi connectivity index (χ4v) is 4.65. The number of aromatic amines is 1. The molecule has 18 heteroatoms. The van der Waals surface area contributed by atoms with Gasteiger partial charge in [-0.3, -0.25) is 23.7 Å². The molecule has 6 atom stereocenters. The van der Waals surface area contributed by atoms with Crippen molar-refractivity contribution in [2.45, 2.75) is 37.5 Å². The number of halogens is 1. The number of hydrogen-bond acceptors (Lipinski definition) is 10. The molecule has 0 spiro atoms. The minimum atomic E-state index is -4.43. The highest BCUT2D eigenvalue weighted by molar-refractivity contribution is 7.52. The summed E-state index contributed by atoms with van der Waals surface area (Å²) in [6.45, 7) is 0.386. The highest BCUT2D eigenvalue weighted by Gasteiger charge is 2.46. The van der Waals surface area contributed by atoms with Crippen molar-refractivity contribution in [1.29, 1.82) is 0 Å². The van der Waals surface area contributed by atoms with Gasteiger partial charge in [-0.2, -0.15) is 9.48 Å². The number of H-pyrrole nitrogens is 1. The second-order valence-electron chi connectivity index (χ2n) is 7.39. The molecule has 1 aliphatic rings. The van der Waals surface area contributed by atoms with E-state index in [1.165, 1.54) is 19.1 Å². The fraction of sp³-hybridized carbons (Fsp3) is 0.389. The van der Waals surface area contributed by atoms with E-state index in [0.717, 1.165) is 0 Å². The van der Waals surface area contributed by atoms with Crippen LogP contribution in [0, 0.1) is 5.82 Å². The molecule has 1 unspecified atom stereocenters. The zero-order valence-electron chi connectivity index (χ0n) is 18.3. The highest BCUT2D eigenvalue weighted by Crippen LogP contribution is 2.46. The molecule has 0 aliphatic carbocycles. The van der Waals surface area contributed by atoms with Gasteiger partial charge in [0, 0.05) is 4.91 Å². The molecule has 2 heterocycles. The average Bonchev–Trinajstić information content (AvgIpc) is 3.10. The van der Waals surface area contributed by atoms with Crippen LogP contribution in [0.4, 0.5) is 10.2 Å². The van der Waals surface area contributed by atoms with Gasteiger partial charge >= 0.3 is 19.4 Å². The van der Waals surface area contributed by atoms with Gasteiger partial charge in [-0.15, -0.1) is 0 Å². The zero-order chi connectivity index (χ0) is 26.6. The Morgan fingerprint density at radius 2 is 2.03 bits per heavy atom. The maximum atomic E-state index is 14.2. The third-order valence-electron chi connectivity index (χ3n) is 4.89. The molecule has 0 saturated carbocycles. The summed E-state index contributed by atoms with van der Waals surface area (Å²) in [7, 11) is -4.43. The molecule has 2 aromatic rings. The topological polar surface area (TPSA) is 238 Å². The SMILES string of the molecule is C[C@H](NP(=O)(OC[C@H]1O[C@@H](n2c(N=[N+]=[N-])c(F)c(=O)[nH]c2=O)[C@H](O)[C@@H]1O)Oc1ccccc1)C(=O)O. The monoisotopic (exact) mass is 530 g/mol. The summed E-state index contributed by atoms with van der Waals surface area (Å²) in [6.07, 6.45) is -7.15. The maximum Gasteiger partial charge on any atom is 0.459 e. The van der Waals surface area contributed by atoms with Gasteiger partial charge in [0.25, 0.3) is 5.56 Å². The Morgan fingerprint density at radius 1 is 1.36 bits per heavy atom. The smallest absolute Gasteiger partial charge is 0.459 e. The number of aliphatic carboxylic acids is 1. The average molecular weight is 530 g/mol. The lowest BCUT2D eigenvalue weighted by Gasteiger charge is -2.24. The Kier molecular flexibility index (Phi) is 8.27. The van der Waals surface area contributed by atoms with Gasteiger partial charge in [0.15, 0.2) is 12.0 Å². The molecule has 0 bridgehead atoms. The lowest BCUT2D eigenvalue weighted by molar-refractivity contribution is -0.138.